The van der Waals surface area contributed by atoms with E-state index in [0.29, 0.717) is 6.61 Å². The normalized spacial score (nSPS) is 18.7. The lowest BCUT2D eigenvalue weighted by Gasteiger charge is -2.29. The molecule has 1 heterocycles. The van der Waals surface area contributed by atoms with Gasteiger partial charge < -0.3 is 19.3 Å². The lowest BCUT2D eigenvalue weighted by molar-refractivity contribution is -0.191. The average Bonchev–Trinajstić information content (AvgIpc) is 2.73. The molecule has 1 fully saturated rings. The van der Waals surface area contributed by atoms with E-state index >= 15 is 0 Å². The summed E-state index contributed by atoms with van der Waals surface area (Å²) in [6, 6.07) is 8.06. The van der Waals surface area contributed by atoms with E-state index in [0.717, 1.165) is 56.3 Å². The first kappa shape index (κ1) is 23.6. The molecule has 0 radical (unpaired) electrons. The van der Waals surface area contributed by atoms with Crippen LogP contribution >= 0.6 is 0 Å². The van der Waals surface area contributed by atoms with E-state index in [2.05, 4.69) is 26.0 Å². The van der Waals surface area contributed by atoms with E-state index in [1.54, 1.807) is 13.0 Å². The van der Waals surface area contributed by atoms with Crippen LogP contribution in [0.5, 0.6) is 0 Å². The van der Waals surface area contributed by atoms with Gasteiger partial charge in [0.15, 0.2) is 6.29 Å². The fourth-order valence-corrected chi connectivity index (χ4v) is 3.38. The Kier molecular flexibility index (Phi) is 9.85. The number of carbonyl (C=O) groups excluding carboxylic acids is 1. The van der Waals surface area contributed by atoms with Crippen LogP contribution in [0, 0.1) is 5.41 Å². The second kappa shape index (κ2) is 12.1. The molecule has 0 spiro atoms. The van der Waals surface area contributed by atoms with Gasteiger partial charge in [0.1, 0.15) is 0 Å². The van der Waals surface area contributed by atoms with E-state index < -0.39 is 0 Å². The summed E-state index contributed by atoms with van der Waals surface area (Å²) in [5, 5.41) is 9.52. The van der Waals surface area contributed by atoms with Crippen molar-refractivity contribution in [1.82, 2.24) is 0 Å². The molecule has 0 bridgehead atoms. The van der Waals surface area contributed by atoms with Crippen LogP contribution in [-0.4, -0.2) is 37.2 Å². The average molecular weight is 405 g/mol. The van der Waals surface area contributed by atoms with Gasteiger partial charge in [-0.1, -0.05) is 32.0 Å². The van der Waals surface area contributed by atoms with Crippen molar-refractivity contribution in [1.29, 1.82) is 0 Å². The summed E-state index contributed by atoms with van der Waals surface area (Å²) in [7, 11) is 0. The molecule has 2 atom stereocenters. The highest BCUT2D eigenvalue weighted by Gasteiger charge is 2.23. The topological polar surface area (TPSA) is 65.0 Å². The summed E-state index contributed by atoms with van der Waals surface area (Å²) in [5.74, 6) is -0.340. The summed E-state index contributed by atoms with van der Waals surface area (Å²) in [6.45, 7) is 7.24. The molecule has 2 rings (SSSR count). The maximum Gasteiger partial charge on any atom is 0.330 e. The smallest absolute Gasteiger partial charge is 0.330 e. The minimum absolute atomic E-state index is 0.0801. The Balaban J connectivity index is 2.09. The molecule has 0 saturated carbocycles. The Morgan fingerprint density at radius 3 is 2.90 bits per heavy atom. The summed E-state index contributed by atoms with van der Waals surface area (Å²) in [4.78, 5) is 11.6. The molecule has 1 aromatic carbocycles. The van der Waals surface area contributed by atoms with Crippen molar-refractivity contribution in [3.8, 4) is 0 Å². The number of aliphatic hydroxyl groups is 1. The molecular formula is C24H36O5. The van der Waals surface area contributed by atoms with Gasteiger partial charge in [-0.3, -0.25) is 0 Å². The molecule has 1 saturated heterocycles. The third kappa shape index (κ3) is 8.69. The minimum Gasteiger partial charge on any atom is -0.463 e. The number of ether oxygens (including phenoxy) is 3. The van der Waals surface area contributed by atoms with Crippen LogP contribution in [-0.2, 0) is 19.0 Å². The molecule has 2 unspecified atom stereocenters. The Bertz CT molecular complexity index is 646. The molecule has 162 valence electrons. The van der Waals surface area contributed by atoms with E-state index in [1.807, 2.05) is 12.1 Å². The van der Waals surface area contributed by atoms with Gasteiger partial charge in [0.2, 0.25) is 0 Å². The van der Waals surface area contributed by atoms with Crippen molar-refractivity contribution < 1.29 is 24.1 Å². The molecular weight excluding hydrogens is 368 g/mol. The highest BCUT2D eigenvalue weighted by molar-refractivity contribution is 5.87. The zero-order valence-corrected chi connectivity index (χ0v) is 18.1. The number of rotatable bonds is 11. The van der Waals surface area contributed by atoms with Gasteiger partial charge in [0.05, 0.1) is 12.7 Å². The van der Waals surface area contributed by atoms with Crippen LogP contribution in [0.15, 0.2) is 30.3 Å². The second-order valence-corrected chi connectivity index (χ2v) is 8.39. The molecule has 0 aromatic heterocycles. The third-order valence-corrected chi connectivity index (χ3v) is 5.18. The van der Waals surface area contributed by atoms with Crippen molar-refractivity contribution in [2.75, 3.05) is 19.8 Å². The number of aliphatic hydroxyl groups excluding tert-OH is 1. The van der Waals surface area contributed by atoms with Gasteiger partial charge in [-0.15, -0.1) is 0 Å². The Labute approximate surface area is 175 Å². The maximum absolute atomic E-state index is 11.6. The quantitative estimate of drug-likeness (QED) is 0.414. The largest absolute Gasteiger partial charge is 0.463 e. The molecule has 1 aliphatic heterocycles. The minimum atomic E-state index is -0.340. The lowest BCUT2D eigenvalue weighted by atomic mass is 9.87. The Morgan fingerprint density at radius 2 is 2.21 bits per heavy atom. The highest BCUT2D eigenvalue weighted by Crippen LogP contribution is 2.31. The number of carbonyl (C=O) groups is 1. The van der Waals surface area contributed by atoms with Gasteiger partial charge in [-0.2, -0.15) is 0 Å². The van der Waals surface area contributed by atoms with E-state index in [1.165, 1.54) is 6.08 Å². The molecule has 0 amide bonds. The lowest BCUT2D eigenvalue weighted by Crippen LogP contribution is -2.25. The molecule has 5 nitrogen and oxygen atoms in total. The van der Waals surface area contributed by atoms with Crippen LogP contribution in [0.4, 0.5) is 0 Å². The predicted molar refractivity (Wildman–Crippen MR) is 114 cm³/mol. The number of esters is 1. The fourth-order valence-electron chi connectivity index (χ4n) is 3.38. The first-order valence-corrected chi connectivity index (χ1v) is 10.8. The molecule has 1 aromatic rings. The Morgan fingerprint density at radius 1 is 1.38 bits per heavy atom. The van der Waals surface area contributed by atoms with Crippen molar-refractivity contribution in [3.05, 3.63) is 41.5 Å². The predicted octanol–water partition coefficient (Wildman–Crippen LogP) is 5.04. The summed E-state index contributed by atoms with van der Waals surface area (Å²) >= 11 is 0. The standard InChI is InChI=1S/C24H36O5/c1-4-27-22(26)14-13-19-9-7-10-20(17-19)21(11-8-15-24(2,3)18-25)29-23-12-5-6-16-28-23/h7,9-10,13-14,17,21,23,25H,4-6,8,11-12,15-16,18H2,1-3H3. The van der Waals surface area contributed by atoms with Gasteiger partial charge in [-0.25, -0.2) is 4.79 Å². The van der Waals surface area contributed by atoms with Crippen molar-refractivity contribution in [3.63, 3.8) is 0 Å². The van der Waals surface area contributed by atoms with Gasteiger partial charge in [0, 0.05) is 19.3 Å². The molecule has 1 N–H and O–H groups in total. The summed E-state index contributed by atoms with van der Waals surface area (Å²) < 4.78 is 17.1. The van der Waals surface area contributed by atoms with E-state index in [9.17, 15) is 9.90 Å². The molecule has 0 aliphatic carbocycles. The fraction of sp³-hybridized carbons (Fsp3) is 0.625. The van der Waals surface area contributed by atoms with Crippen LogP contribution in [0.3, 0.4) is 0 Å². The summed E-state index contributed by atoms with van der Waals surface area (Å²) in [5.41, 5.74) is 1.92. The Hall–Kier alpha value is -1.69. The van der Waals surface area contributed by atoms with Gasteiger partial charge in [0.25, 0.3) is 0 Å². The first-order valence-electron chi connectivity index (χ1n) is 10.8. The number of benzene rings is 1. The van der Waals surface area contributed by atoms with E-state index in [4.69, 9.17) is 14.2 Å². The van der Waals surface area contributed by atoms with Gasteiger partial charge in [-0.05, 0) is 74.1 Å². The number of hydrogen-bond acceptors (Lipinski definition) is 5. The van der Waals surface area contributed by atoms with E-state index in [-0.39, 0.29) is 30.4 Å². The van der Waals surface area contributed by atoms with Gasteiger partial charge >= 0.3 is 5.97 Å². The van der Waals surface area contributed by atoms with Crippen LogP contribution in [0.1, 0.15) is 76.5 Å². The molecule has 5 heteroatoms. The monoisotopic (exact) mass is 404 g/mol. The highest BCUT2D eigenvalue weighted by atomic mass is 16.7. The van der Waals surface area contributed by atoms with Crippen molar-refractivity contribution in [2.45, 2.75) is 71.7 Å². The first-order chi connectivity index (χ1) is 13.9. The second-order valence-electron chi connectivity index (χ2n) is 8.39. The van der Waals surface area contributed by atoms with Crippen LogP contribution < -0.4 is 0 Å². The molecule has 1 aliphatic rings. The summed E-state index contributed by atoms with van der Waals surface area (Å²) in [6.07, 6.45) is 8.83. The zero-order valence-electron chi connectivity index (χ0n) is 18.1. The zero-order chi connectivity index (χ0) is 21.1. The van der Waals surface area contributed by atoms with Crippen LogP contribution in [0.25, 0.3) is 6.08 Å². The molecule has 29 heavy (non-hydrogen) atoms. The SMILES string of the molecule is CCOC(=O)C=Cc1cccc(C(CCCC(C)(C)CO)OC2CCCCO2)c1. The number of hydrogen-bond donors (Lipinski definition) is 1. The van der Waals surface area contributed by atoms with Crippen molar-refractivity contribution in [2.24, 2.45) is 5.41 Å². The third-order valence-electron chi connectivity index (χ3n) is 5.18. The van der Waals surface area contributed by atoms with Crippen LogP contribution in [0.2, 0.25) is 0 Å². The maximum atomic E-state index is 11.6. The van der Waals surface area contributed by atoms with Crippen molar-refractivity contribution >= 4 is 12.0 Å².